The van der Waals surface area contributed by atoms with Crippen LogP contribution >= 0.6 is 0 Å². The number of amides is 2. The number of nitrogens with two attached hydrogens (primary N) is 2. The topological polar surface area (TPSA) is 187 Å². The molecule has 0 heterocycles. The van der Waals surface area contributed by atoms with Gasteiger partial charge in [0.15, 0.2) is 0 Å². The smallest absolute Gasteiger partial charge is 0.292 e. The molecule has 1 aromatic rings. The van der Waals surface area contributed by atoms with Crippen molar-refractivity contribution in [3.8, 4) is 0 Å². The van der Waals surface area contributed by atoms with E-state index in [0.717, 1.165) is 6.42 Å². The lowest BCUT2D eigenvalue weighted by molar-refractivity contribution is -0.383. The molecule has 34 heavy (non-hydrogen) atoms. The number of carbonyl (C=O) groups excluding carboxylic acids is 2. The van der Waals surface area contributed by atoms with Crippen LogP contribution in [0.1, 0.15) is 33.1 Å². The number of nitro groups is 1. The third kappa shape index (κ3) is 11.2. The number of allylic oxidation sites excluding steroid dienone is 3. The molecule has 7 N–H and O–H groups in total. The monoisotopic (exact) mass is 475 g/mol. The molecule has 0 radical (unpaired) electrons. The zero-order valence-electron chi connectivity index (χ0n) is 19.5. The van der Waals surface area contributed by atoms with E-state index < -0.39 is 11.0 Å². The first kappa shape index (κ1) is 28.3. The summed E-state index contributed by atoms with van der Waals surface area (Å²) in [7, 11) is 0. The van der Waals surface area contributed by atoms with Crippen LogP contribution in [0, 0.1) is 10.1 Å². The molecule has 12 heteroatoms. The highest BCUT2D eigenvalue weighted by atomic mass is 16.6. The zero-order chi connectivity index (χ0) is 25.3. The van der Waals surface area contributed by atoms with Gasteiger partial charge in [-0.2, -0.15) is 5.90 Å². The highest BCUT2D eigenvalue weighted by molar-refractivity contribution is 5.93. The third-order valence-electron chi connectivity index (χ3n) is 4.42. The molecule has 2 amide bonds. The lowest BCUT2D eigenvalue weighted by atomic mass is 10.2. The number of hydrogen-bond acceptors (Lipinski definition) is 9. The van der Waals surface area contributed by atoms with E-state index in [-0.39, 0.29) is 42.1 Å². The Labute approximate surface area is 198 Å². The predicted octanol–water partition coefficient (Wildman–Crippen LogP) is 1.51. The molecule has 0 bridgehead atoms. The Morgan fingerprint density at radius 3 is 2.65 bits per heavy atom. The van der Waals surface area contributed by atoms with Crippen molar-refractivity contribution in [2.24, 2.45) is 16.6 Å². The van der Waals surface area contributed by atoms with Gasteiger partial charge in [0.05, 0.1) is 11.5 Å². The highest BCUT2D eigenvalue weighted by Gasteiger charge is 2.15. The molecule has 0 spiro atoms. The number of aliphatic imine (C=N–C) groups is 1. The van der Waals surface area contributed by atoms with E-state index in [4.69, 9.17) is 16.5 Å². The van der Waals surface area contributed by atoms with Crippen LogP contribution in [-0.4, -0.2) is 48.3 Å². The summed E-state index contributed by atoms with van der Waals surface area (Å²) in [5, 5.41) is 19.2. The zero-order valence-corrected chi connectivity index (χ0v) is 19.5. The van der Waals surface area contributed by atoms with Gasteiger partial charge in [0.25, 0.3) is 5.69 Å². The van der Waals surface area contributed by atoms with Crippen molar-refractivity contribution in [2.75, 3.05) is 25.0 Å². The Hall–Kier alpha value is -3.77. The van der Waals surface area contributed by atoms with Gasteiger partial charge in [-0.1, -0.05) is 31.2 Å². The summed E-state index contributed by atoms with van der Waals surface area (Å²) in [5.74, 6) is 4.73. The lowest BCUT2D eigenvalue weighted by Crippen LogP contribution is -2.35. The van der Waals surface area contributed by atoms with Gasteiger partial charge in [0, 0.05) is 37.7 Å². The van der Waals surface area contributed by atoms with E-state index in [1.807, 2.05) is 19.1 Å². The number of nitrogens with zero attached hydrogens (tertiary/aromatic N) is 2. The van der Waals surface area contributed by atoms with Crippen molar-refractivity contribution in [3.05, 3.63) is 58.3 Å². The fraction of sp³-hybridized carbons (Fsp3) is 0.409. The third-order valence-corrected chi connectivity index (χ3v) is 4.42. The van der Waals surface area contributed by atoms with Crippen LogP contribution in [0.3, 0.4) is 0 Å². The van der Waals surface area contributed by atoms with E-state index in [1.165, 1.54) is 18.2 Å². The first-order valence-electron chi connectivity index (χ1n) is 10.8. The summed E-state index contributed by atoms with van der Waals surface area (Å²) in [5.41, 5.74) is 6.30. The number of nitrogens with one attached hydrogen (secondary N) is 3. The summed E-state index contributed by atoms with van der Waals surface area (Å²) in [6, 6.07) is 5.18. The van der Waals surface area contributed by atoms with Gasteiger partial charge >= 0.3 is 0 Å². The molecule has 0 aliphatic rings. The molecule has 1 atom stereocenters. The lowest BCUT2D eigenvalue weighted by Gasteiger charge is -2.11. The SMILES string of the molecule is CC/C=C\C=C(/N)CNC(=O)C(C)N=C(CCNCCC(=O)Nc1ccccc1[N+](=O)[O-])ON. The summed E-state index contributed by atoms with van der Waals surface area (Å²) in [4.78, 5) is 43.6. The summed E-state index contributed by atoms with van der Waals surface area (Å²) in [6.45, 7) is 4.52. The number of rotatable bonds is 14. The van der Waals surface area contributed by atoms with Crippen LogP contribution in [0.5, 0.6) is 0 Å². The number of para-hydroxylation sites is 2. The van der Waals surface area contributed by atoms with Crippen LogP contribution in [0.15, 0.2) is 53.2 Å². The fourth-order valence-electron chi connectivity index (χ4n) is 2.63. The van der Waals surface area contributed by atoms with E-state index >= 15 is 0 Å². The van der Waals surface area contributed by atoms with Gasteiger partial charge in [-0.3, -0.25) is 19.7 Å². The van der Waals surface area contributed by atoms with Crippen molar-refractivity contribution < 1.29 is 19.3 Å². The van der Waals surface area contributed by atoms with Crippen LogP contribution < -0.4 is 27.6 Å². The first-order valence-corrected chi connectivity index (χ1v) is 10.8. The molecular weight excluding hydrogens is 442 g/mol. The minimum atomic E-state index is -0.732. The number of carbonyl (C=O) groups is 2. The molecule has 1 unspecified atom stereocenters. The van der Waals surface area contributed by atoms with Gasteiger partial charge < -0.3 is 26.5 Å². The quantitative estimate of drug-likeness (QED) is 0.0668. The van der Waals surface area contributed by atoms with E-state index in [0.29, 0.717) is 25.2 Å². The molecular formula is C22H33N7O5. The number of nitro benzene ring substituents is 1. The average Bonchev–Trinajstić information content (AvgIpc) is 2.81. The Kier molecular flexibility index (Phi) is 13.2. The van der Waals surface area contributed by atoms with Crippen LogP contribution in [0.4, 0.5) is 11.4 Å². The standard InChI is InChI=1S/C22H33N7O5/c1-3-4-5-8-17(23)15-26-22(31)16(2)27-21(34-24)12-14-25-13-11-20(30)28-18-9-6-7-10-19(18)29(32)33/h4-10,16,25H,3,11-15,23-24H2,1-2H3,(H,26,31)(H,28,30)/b5-4-,17-8-,27-21?. The largest absolute Gasteiger partial charge is 0.401 e. The van der Waals surface area contributed by atoms with Crippen molar-refractivity contribution >= 4 is 29.1 Å². The fourth-order valence-corrected chi connectivity index (χ4v) is 2.63. The maximum atomic E-state index is 12.2. The minimum Gasteiger partial charge on any atom is -0.401 e. The van der Waals surface area contributed by atoms with Gasteiger partial charge in [-0.15, -0.1) is 0 Å². The van der Waals surface area contributed by atoms with E-state index in [1.54, 1.807) is 19.1 Å². The number of benzene rings is 1. The minimum absolute atomic E-state index is 0.100. The average molecular weight is 476 g/mol. The molecule has 0 fully saturated rings. The summed E-state index contributed by atoms with van der Waals surface area (Å²) < 4.78 is 0. The van der Waals surface area contributed by atoms with Crippen molar-refractivity contribution in [2.45, 2.75) is 39.2 Å². The Morgan fingerprint density at radius 2 is 1.97 bits per heavy atom. The maximum Gasteiger partial charge on any atom is 0.292 e. The highest BCUT2D eigenvalue weighted by Crippen LogP contribution is 2.23. The van der Waals surface area contributed by atoms with Crippen LogP contribution in [0.2, 0.25) is 0 Å². The van der Waals surface area contributed by atoms with Crippen molar-refractivity contribution in [1.82, 2.24) is 10.6 Å². The Morgan fingerprint density at radius 1 is 1.26 bits per heavy atom. The normalized spacial score (nSPS) is 12.9. The predicted molar refractivity (Wildman–Crippen MR) is 131 cm³/mol. The second kappa shape index (κ2) is 15.9. The van der Waals surface area contributed by atoms with Crippen LogP contribution in [0.25, 0.3) is 0 Å². The molecule has 1 aromatic carbocycles. The molecule has 0 aliphatic carbocycles. The Balaban J connectivity index is 2.39. The van der Waals surface area contributed by atoms with Crippen molar-refractivity contribution in [3.63, 3.8) is 0 Å². The molecule has 1 rings (SSSR count). The summed E-state index contributed by atoms with van der Waals surface area (Å²) >= 11 is 0. The molecule has 0 saturated heterocycles. The van der Waals surface area contributed by atoms with Gasteiger partial charge in [0.1, 0.15) is 11.7 Å². The Bertz CT molecular complexity index is 915. The second-order valence-electron chi connectivity index (χ2n) is 7.18. The maximum absolute atomic E-state index is 12.2. The van der Waals surface area contributed by atoms with E-state index in [2.05, 4.69) is 20.9 Å². The van der Waals surface area contributed by atoms with Crippen molar-refractivity contribution in [1.29, 1.82) is 0 Å². The molecule has 0 aliphatic heterocycles. The van der Waals surface area contributed by atoms with Gasteiger partial charge in [-0.05, 0) is 25.5 Å². The summed E-state index contributed by atoms with van der Waals surface area (Å²) in [6.07, 6.45) is 6.78. The molecule has 186 valence electrons. The van der Waals surface area contributed by atoms with E-state index in [9.17, 15) is 19.7 Å². The number of anilines is 1. The van der Waals surface area contributed by atoms with Gasteiger partial charge in [0.2, 0.25) is 17.7 Å². The number of hydrogen-bond donors (Lipinski definition) is 5. The van der Waals surface area contributed by atoms with Gasteiger partial charge in [-0.25, -0.2) is 4.99 Å². The van der Waals surface area contributed by atoms with Crippen LogP contribution in [-0.2, 0) is 14.4 Å². The second-order valence-corrected chi connectivity index (χ2v) is 7.18. The first-order chi connectivity index (χ1) is 16.3. The molecule has 12 nitrogen and oxygen atoms in total. The molecule has 0 saturated carbocycles. The molecule has 0 aromatic heterocycles.